The summed E-state index contributed by atoms with van der Waals surface area (Å²) in [5.41, 5.74) is 2.51. The van der Waals surface area contributed by atoms with Crippen molar-refractivity contribution in [1.29, 1.82) is 0 Å². The van der Waals surface area contributed by atoms with Crippen molar-refractivity contribution in [2.45, 2.75) is 47.2 Å². The lowest BCUT2D eigenvalue weighted by atomic mass is 10.1. The minimum absolute atomic E-state index is 0.00620. The van der Waals surface area contributed by atoms with E-state index >= 15 is 0 Å². The summed E-state index contributed by atoms with van der Waals surface area (Å²) >= 11 is 12.4. The minimum atomic E-state index is -4.04. The molecule has 0 fully saturated rings. The molecule has 0 aromatic heterocycles. The molecule has 0 radical (unpaired) electrons. The molecule has 0 bridgehead atoms. The van der Waals surface area contributed by atoms with E-state index < -0.39 is 28.7 Å². The predicted octanol–water partition coefficient (Wildman–Crippen LogP) is 4.41. The average molecular weight is 572 g/mol. The van der Waals surface area contributed by atoms with Gasteiger partial charge in [0.05, 0.1) is 5.69 Å². The number of aryl methyl sites for hydroxylation is 2. The highest BCUT2D eigenvalue weighted by Gasteiger charge is 2.33. The highest BCUT2D eigenvalue weighted by atomic mass is 35.5. The zero-order valence-electron chi connectivity index (χ0n) is 22.4. The minimum Gasteiger partial charge on any atom is -0.354 e. The van der Waals surface area contributed by atoms with Crippen LogP contribution in [0.25, 0.3) is 0 Å². The number of carbonyl (C=O) groups is 2. The average Bonchev–Trinajstić information content (AvgIpc) is 2.81. The first-order valence-corrected chi connectivity index (χ1v) is 14.1. The van der Waals surface area contributed by atoms with Gasteiger partial charge in [0, 0.05) is 37.2 Å². The standard InChI is InChI=1S/C26H36Cl2N4O4S/c1-17(2)14-29-26(34)20(5)31(15-21-10-11-22(27)13-23(21)28)25(33)16-32(37(35,36)30(6)7)24-12-18(3)8-9-19(24)4/h8-13,17,20H,14-16H2,1-7H3,(H,29,34)/t20-/m1/s1. The van der Waals surface area contributed by atoms with E-state index in [9.17, 15) is 18.0 Å². The van der Waals surface area contributed by atoms with Crippen LogP contribution in [0, 0.1) is 19.8 Å². The van der Waals surface area contributed by atoms with Crippen LogP contribution in [0.1, 0.15) is 37.5 Å². The lowest BCUT2D eigenvalue weighted by Gasteiger charge is -2.33. The molecule has 37 heavy (non-hydrogen) atoms. The van der Waals surface area contributed by atoms with E-state index in [4.69, 9.17) is 23.2 Å². The second-order valence-corrected chi connectivity index (χ2v) is 12.6. The first kappa shape index (κ1) is 30.9. The zero-order chi connectivity index (χ0) is 28.1. The Labute approximate surface area is 230 Å². The molecule has 0 saturated carbocycles. The molecule has 204 valence electrons. The molecule has 2 aromatic rings. The number of amides is 2. The Kier molecular flexibility index (Phi) is 10.8. The van der Waals surface area contributed by atoms with E-state index in [2.05, 4.69) is 5.32 Å². The van der Waals surface area contributed by atoms with E-state index in [1.807, 2.05) is 26.8 Å². The number of halogens is 2. The van der Waals surface area contributed by atoms with E-state index in [-0.39, 0.29) is 18.4 Å². The van der Waals surface area contributed by atoms with Crippen LogP contribution in [0.2, 0.25) is 10.0 Å². The van der Waals surface area contributed by atoms with Crippen LogP contribution < -0.4 is 9.62 Å². The number of rotatable bonds is 11. The smallest absolute Gasteiger partial charge is 0.304 e. The van der Waals surface area contributed by atoms with Crippen molar-refractivity contribution in [3.05, 3.63) is 63.1 Å². The van der Waals surface area contributed by atoms with Crippen molar-refractivity contribution in [3.63, 3.8) is 0 Å². The van der Waals surface area contributed by atoms with Crippen molar-refractivity contribution in [2.75, 3.05) is 31.5 Å². The zero-order valence-corrected chi connectivity index (χ0v) is 24.7. The number of nitrogens with one attached hydrogen (secondary N) is 1. The Morgan fingerprint density at radius 1 is 1.00 bits per heavy atom. The van der Waals surface area contributed by atoms with Gasteiger partial charge < -0.3 is 10.2 Å². The molecule has 0 aliphatic carbocycles. The van der Waals surface area contributed by atoms with Crippen molar-refractivity contribution in [1.82, 2.24) is 14.5 Å². The normalized spacial score (nSPS) is 12.5. The Balaban J connectivity index is 2.52. The van der Waals surface area contributed by atoms with Gasteiger partial charge in [-0.1, -0.05) is 55.2 Å². The number of nitrogens with zero attached hydrogens (tertiary/aromatic N) is 3. The molecule has 0 heterocycles. The molecule has 0 aliphatic rings. The Morgan fingerprint density at radius 3 is 2.22 bits per heavy atom. The largest absolute Gasteiger partial charge is 0.354 e. The fourth-order valence-electron chi connectivity index (χ4n) is 3.56. The van der Waals surface area contributed by atoms with E-state index in [0.717, 1.165) is 14.2 Å². The molecular formula is C26H36Cl2N4O4S. The van der Waals surface area contributed by atoms with Gasteiger partial charge in [-0.2, -0.15) is 12.7 Å². The monoisotopic (exact) mass is 570 g/mol. The van der Waals surface area contributed by atoms with Crippen LogP contribution in [0.5, 0.6) is 0 Å². The highest BCUT2D eigenvalue weighted by molar-refractivity contribution is 7.90. The second kappa shape index (κ2) is 13.0. The molecule has 2 rings (SSSR count). The summed E-state index contributed by atoms with van der Waals surface area (Å²) in [5, 5.41) is 3.63. The molecular weight excluding hydrogens is 535 g/mol. The maximum Gasteiger partial charge on any atom is 0.304 e. The summed E-state index contributed by atoms with van der Waals surface area (Å²) in [6.07, 6.45) is 0. The van der Waals surface area contributed by atoms with Gasteiger partial charge >= 0.3 is 10.2 Å². The van der Waals surface area contributed by atoms with Gasteiger partial charge in [0.2, 0.25) is 11.8 Å². The van der Waals surface area contributed by atoms with Crippen molar-refractivity contribution in [2.24, 2.45) is 5.92 Å². The summed E-state index contributed by atoms with van der Waals surface area (Å²) in [5.74, 6) is -0.679. The quantitative estimate of drug-likeness (QED) is 0.433. The molecule has 2 aromatic carbocycles. The predicted molar refractivity (Wildman–Crippen MR) is 150 cm³/mol. The van der Waals surface area contributed by atoms with Crippen molar-refractivity contribution in [3.8, 4) is 0 Å². The molecule has 8 nitrogen and oxygen atoms in total. The third-order valence-corrected chi connectivity index (χ3v) is 8.25. The fourth-order valence-corrected chi connectivity index (χ4v) is 5.14. The van der Waals surface area contributed by atoms with Gasteiger partial charge in [-0.3, -0.25) is 9.59 Å². The molecule has 0 unspecified atom stereocenters. The lowest BCUT2D eigenvalue weighted by molar-refractivity contribution is -0.139. The van der Waals surface area contributed by atoms with E-state index in [0.29, 0.717) is 33.4 Å². The summed E-state index contributed by atoms with van der Waals surface area (Å²) in [4.78, 5) is 28.1. The lowest BCUT2D eigenvalue weighted by Crippen LogP contribution is -2.52. The Bertz CT molecular complexity index is 1240. The molecule has 0 saturated heterocycles. The summed E-state index contributed by atoms with van der Waals surface area (Å²) in [7, 11) is -1.22. The van der Waals surface area contributed by atoms with Crippen molar-refractivity contribution < 1.29 is 18.0 Å². The van der Waals surface area contributed by atoms with Gasteiger partial charge in [0.25, 0.3) is 0 Å². The maximum atomic E-state index is 13.8. The third kappa shape index (κ3) is 8.07. The van der Waals surface area contributed by atoms with E-state index in [1.165, 1.54) is 19.0 Å². The van der Waals surface area contributed by atoms with Crippen LogP contribution in [-0.4, -0.2) is 62.7 Å². The molecule has 11 heteroatoms. The third-order valence-electron chi connectivity index (χ3n) is 5.86. The molecule has 0 spiro atoms. The number of hydrogen-bond donors (Lipinski definition) is 1. The summed E-state index contributed by atoms with van der Waals surface area (Å²) in [6.45, 7) is 9.11. The van der Waals surface area contributed by atoms with Crippen LogP contribution in [0.4, 0.5) is 5.69 Å². The topological polar surface area (TPSA) is 90.0 Å². The van der Waals surface area contributed by atoms with Gasteiger partial charge in [-0.05, 0) is 61.6 Å². The van der Waals surface area contributed by atoms with Gasteiger partial charge in [-0.25, -0.2) is 4.31 Å². The van der Waals surface area contributed by atoms with Gasteiger partial charge in [0.15, 0.2) is 0 Å². The Morgan fingerprint density at radius 2 is 1.65 bits per heavy atom. The van der Waals surface area contributed by atoms with Crippen LogP contribution in [-0.2, 0) is 26.3 Å². The van der Waals surface area contributed by atoms with Crippen LogP contribution in [0.3, 0.4) is 0 Å². The molecule has 1 N–H and O–H groups in total. The maximum absolute atomic E-state index is 13.8. The Hall–Kier alpha value is -2.33. The summed E-state index contributed by atoms with van der Waals surface area (Å²) < 4.78 is 28.8. The number of carbonyl (C=O) groups excluding carboxylic acids is 2. The van der Waals surface area contributed by atoms with Gasteiger partial charge in [0.1, 0.15) is 12.6 Å². The first-order valence-electron chi connectivity index (χ1n) is 11.9. The number of hydrogen-bond acceptors (Lipinski definition) is 4. The fraction of sp³-hybridized carbons (Fsp3) is 0.462. The van der Waals surface area contributed by atoms with Crippen molar-refractivity contribution >= 4 is 50.9 Å². The van der Waals surface area contributed by atoms with Gasteiger partial charge in [-0.15, -0.1) is 0 Å². The number of benzene rings is 2. The molecule has 2 amide bonds. The van der Waals surface area contributed by atoms with E-state index in [1.54, 1.807) is 44.2 Å². The van der Waals surface area contributed by atoms with Crippen LogP contribution in [0.15, 0.2) is 36.4 Å². The highest BCUT2D eigenvalue weighted by Crippen LogP contribution is 2.27. The van der Waals surface area contributed by atoms with Crippen LogP contribution >= 0.6 is 23.2 Å². The number of anilines is 1. The molecule has 1 atom stereocenters. The second-order valence-electron chi connectivity index (χ2n) is 9.66. The summed E-state index contributed by atoms with van der Waals surface area (Å²) in [6, 6.07) is 9.40. The first-order chi connectivity index (χ1) is 17.1. The SMILES string of the molecule is Cc1ccc(C)c(N(CC(=O)N(Cc2ccc(Cl)cc2Cl)[C@H](C)C(=O)NCC(C)C)S(=O)(=O)N(C)C)c1. The molecule has 0 aliphatic heterocycles.